The molecule has 34 heavy (non-hydrogen) atoms. The molecule has 0 saturated carbocycles. The Balaban J connectivity index is 1.68. The van der Waals surface area contributed by atoms with Crippen LogP contribution < -0.4 is 10.5 Å². The minimum Gasteiger partial charge on any atom is -0.592 e. The van der Waals surface area contributed by atoms with Crippen molar-refractivity contribution < 1.29 is 14.1 Å². The first-order chi connectivity index (χ1) is 15.9. The van der Waals surface area contributed by atoms with E-state index in [4.69, 9.17) is 9.88 Å². The molecule has 3 heterocycles. The van der Waals surface area contributed by atoms with E-state index in [1.165, 1.54) is 0 Å². The van der Waals surface area contributed by atoms with Crippen molar-refractivity contribution in [2.24, 2.45) is 11.1 Å². The minimum atomic E-state index is -1.64. The average Bonchev–Trinajstić information content (AvgIpc) is 3.06. The van der Waals surface area contributed by atoms with Gasteiger partial charge in [-0.15, -0.1) is 5.14 Å². The summed E-state index contributed by atoms with van der Waals surface area (Å²) in [6.07, 6.45) is 5.00. The zero-order valence-corrected chi connectivity index (χ0v) is 21.6. The number of nitrogens with one attached hydrogen (secondary N) is 1. The monoisotopic (exact) mass is 487 g/mol. The van der Waals surface area contributed by atoms with Gasteiger partial charge in [0.15, 0.2) is 0 Å². The van der Waals surface area contributed by atoms with Gasteiger partial charge in [-0.3, -0.25) is 4.98 Å². The van der Waals surface area contributed by atoms with Crippen LogP contribution >= 0.6 is 0 Å². The summed E-state index contributed by atoms with van der Waals surface area (Å²) in [5, 5.41) is 9.34. The van der Waals surface area contributed by atoms with Crippen LogP contribution in [0, 0.1) is 5.92 Å². The molecule has 3 atom stereocenters. The van der Waals surface area contributed by atoms with Crippen LogP contribution in [0.15, 0.2) is 47.6 Å². The van der Waals surface area contributed by atoms with Crippen molar-refractivity contribution in [3.05, 3.63) is 48.3 Å². The van der Waals surface area contributed by atoms with Gasteiger partial charge >= 0.3 is 6.09 Å². The molecule has 1 saturated heterocycles. The second-order valence-corrected chi connectivity index (χ2v) is 11.6. The Kier molecular flexibility index (Phi) is 8.43. The SMILES string of the molecule is CC(C)(C)OC(=O)N1CC(CCC(Cc2ccccn2)Nc2cccc([S+](N)[O-])n2)CC1(C)C. The number of pyridine rings is 2. The molecule has 1 aliphatic rings. The number of carbonyl (C=O) groups is 1. The van der Waals surface area contributed by atoms with Gasteiger partial charge in [-0.1, -0.05) is 12.1 Å². The van der Waals surface area contributed by atoms with E-state index in [-0.39, 0.29) is 17.7 Å². The second-order valence-electron chi connectivity index (χ2n) is 10.6. The van der Waals surface area contributed by atoms with Crippen LogP contribution in [0.1, 0.15) is 59.6 Å². The lowest BCUT2D eigenvalue weighted by molar-refractivity contribution is 0.0131. The highest BCUT2D eigenvalue weighted by atomic mass is 32.2. The lowest BCUT2D eigenvalue weighted by Crippen LogP contribution is -2.45. The quantitative estimate of drug-likeness (QED) is 0.533. The summed E-state index contributed by atoms with van der Waals surface area (Å²) >= 11 is -1.64. The maximum absolute atomic E-state index is 12.8. The fourth-order valence-electron chi connectivity index (χ4n) is 4.47. The highest BCUT2D eigenvalue weighted by Crippen LogP contribution is 2.36. The average molecular weight is 488 g/mol. The molecule has 9 heteroatoms. The van der Waals surface area contributed by atoms with Crippen molar-refractivity contribution in [2.45, 2.75) is 82.5 Å². The van der Waals surface area contributed by atoms with E-state index in [2.05, 4.69) is 29.1 Å². The molecular weight excluding hydrogens is 450 g/mol. The Hall–Kier alpha value is -2.36. The van der Waals surface area contributed by atoms with Crippen LogP contribution in [0.25, 0.3) is 0 Å². The van der Waals surface area contributed by atoms with Crippen LogP contribution in [0.2, 0.25) is 0 Å². The van der Waals surface area contributed by atoms with E-state index >= 15 is 0 Å². The van der Waals surface area contributed by atoms with Gasteiger partial charge in [0.25, 0.3) is 5.03 Å². The highest BCUT2D eigenvalue weighted by Gasteiger charge is 2.42. The summed E-state index contributed by atoms with van der Waals surface area (Å²) in [4.78, 5) is 23.5. The molecule has 1 aliphatic heterocycles. The number of ether oxygens (including phenoxy) is 1. The van der Waals surface area contributed by atoms with Crippen molar-refractivity contribution in [1.82, 2.24) is 14.9 Å². The molecular formula is C25H37N5O3S. The van der Waals surface area contributed by atoms with Crippen LogP contribution in [-0.2, 0) is 22.5 Å². The van der Waals surface area contributed by atoms with Gasteiger partial charge in [0.2, 0.25) is 0 Å². The molecule has 3 rings (SSSR count). The van der Waals surface area contributed by atoms with E-state index in [1.54, 1.807) is 18.3 Å². The van der Waals surface area contributed by atoms with Crippen molar-refractivity contribution in [3.8, 4) is 0 Å². The van der Waals surface area contributed by atoms with E-state index < -0.39 is 17.0 Å². The lowest BCUT2D eigenvalue weighted by Gasteiger charge is -2.33. The van der Waals surface area contributed by atoms with Gasteiger partial charge in [-0.05, 0) is 78.0 Å². The first kappa shape index (κ1) is 26.2. The van der Waals surface area contributed by atoms with Gasteiger partial charge in [-0.25, -0.2) is 4.79 Å². The number of anilines is 1. The van der Waals surface area contributed by atoms with E-state index in [0.29, 0.717) is 23.3 Å². The zero-order valence-electron chi connectivity index (χ0n) is 20.8. The standard InChI is InChI=1S/C25H37N5O3S/c1-24(2,3)33-23(31)30-17-18(16-25(30,4)5)12-13-20(15-19-9-6-7-14-27-19)28-21-10-8-11-22(29-21)34(26)32/h6-11,14,18,20H,12-13,15-17,26H2,1-5H3,(H,28,29). The number of carbonyl (C=O) groups excluding carboxylic acids is 1. The predicted molar refractivity (Wildman–Crippen MR) is 135 cm³/mol. The maximum Gasteiger partial charge on any atom is 0.410 e. The van der Waals surface area contributed by atoms with Crippen molar-refractivity contribution in [3.63, 3.8) is 0 Å². The number of nitrogens with two attached hydrogens (primary N) is 1. The fraction of sp³-hybridized carbons (Fsp3) is 0.560. The van der Waals surface area contributed by atoms with Gasteiger partial charge in [0.1, 0.15) is 11.4 Å². The topological polar surface area (TPSA) is 116 Å². The molecule has 3 unspecified atom stereocenters. The Morgan fingerprint density at radius 3 is 2.74 bits per heavy atom. The summed E-state index contributed by atoms with van der Waals surface area (Å²) in [5.74, 6) is 1.01. The molecule has 0 bridgehead atoms. The Morgan fingerprint density at radius 1 is 1.32 bits per heavy atom. The summed E-state index contributed by atoms with van der Waals surface area (Å²) in [7, 11) is 0. The molecule has 2 aromatic rings. The van der Waals surface area contributed by atoms with Gasteiger partial charge in [0, 0.05) is 42.5 Å². The Labute approximate surface area is 206 Å². The molecule has 2 aromatic heterocycles. The molecule has 0 spiro atoms. The summed E-state index contributed by atoms with van der Waals surface area (Å²) in [6.45, 7) is 10.6. The minimum absolute atomic E-state index is 0.0718. The lowest BCUT2D eigenvalue weighted by atomic mass is 9.91. The Bertz CT molecular complexity index is 949. The number of likely N-dealkylation sites (tertiary alicyclic amines) is 1. The molecule has 0 radical (unpaired) electrons. The number of hydrogen-bond donors (Lipinski definition) is 2. The van der Waals surface area contributed by atoms with E-state index in [0.717, 1.165) is 31.4 Å². The van der Waals surface area contributed by atoms with E-state index in [9.17, 15) is 9.35 Å². The van der Waals surface area contributed by atoms with Crippen LogP contribution in [0.4, 0.5) is 10.6 Å². The number of rotatable bonds is 8. The molecule has 1 amide bonds. The third-order valence-corrected chi connectivity index (χ3v) is 6.60. The second kappa shape index (κ2) is 10.9. The Morgan fingerprint density at radius 2 is 2.09 bits per heavy atom. The first-order valence-corrected chi connectivity index (χ1v) is 12.9. The van der Waals surface area contributed by atoms with Crippen LogP contribution in [-0.4, -0.2) is 49.2 Å². The molecule has 0 aromatic carbocycles. The number of amides is 1. The van der Waals surface area contributed by atoms with Gasteiger partial charge < -0.3 is 19.5 Å². The third kappa shape index (κ3) is 7.58. The first-order valence-electron chi connectivity index (χ1n) is 11.7. The van der Waals surface area contributed by atoms with E-state index in [1.807, 2.05) is 49.9 Å². The fourth-order valence-corrected chi connectivity index (χ4v) is 4.87. The van der Waals surface area contributed by atoms with Crippen molar-refractivity contribution >= 4 is 23.3 Å². The molecule has 8 nitrogen and oxygen atoms in total. The molecule has 1 fully saturated rings. The highest BCUT2D eigenvalue weighted by molar-refractivity contribution is 7.89. The van der Waals surface area contributed by atoms with Gasteiger partial charge in [-0.2, -0.15) is 4.98 Å². The largest absolute Gasteiger partial charge is 0.592 e. The predicted octanol–water partition coefficient (Wildman–Crippen LogP) is 4.30. The third-order valence-electron chi connectivity index (χ3n) is 5.96. The molecule has 0 aliphatic carbocycles. The number of hydrogen-bond acceptors (Lipinski definition) is 7. The zero-order chi connectivity index (χ0) is 24.9. The summed E-state index contributed by atoms with van der Waals surface area (Å²) < 4.78 is 17.3. The molecule has 186 valence electrons. The van der Waals surface area contributed by atoms with Crippen LogP contribution in [0.3, 0.4) is 0 Å². The van der Waals surface area contributed by atoms with Gasteiger partial charge in [0.05, 0.1) is 11.4 Å². The van der Waals surface area contributed by atoms with Crippen molar-refractivity contribution in [2.75, 3.05) is 11.9 Å². The summed E-state index contributed by atoms with van der Waals surface area (Å²) in [5.41, 5.74) is 0.219. The normalized spacial score (nSPS) is 19.5. The molecule has 3 N–H and O–H groups in total. The smallest absolute Gasteiger partial charge is 0.410 e. The maximum atomic E-state index is 12.8. The van der Waals surface area contributed by atoms with Crippen molar-refractivity contribution in [1.29, 1.82) is 0 Å². The number of aromatic nitrogens is 2. The van der Waals surface area contributed by atoms with Crippen LogP contribution in [0.5, 0.6) is 0 Å². The number of nitrogens with zero attached hydrogens (tertiary/aromatic N) is 3. The summed E-state index contributed by atoms with van der Waals surface area (Å²) in [6, 6.07) is 11.3.